The lowest BCUT2D eigenvalue weighted by atomic mass is 10.1. The van der Waals surface area contributed by atoms with Crippen LogP contribution < -0.4 is 5.43 Å². The van der Waals surface area contributed by atoms with E-state index in [1.54, 1.807) is 6.92 Å². The van der Waals surface area contributed by atoms with Crippen molar-refractivity contribution in [3.05, 3.63) is 52.8 Å². The molecule has 0 bridgehead atoms. The molecule has 0 fully saturated rings. The van der Waals surface area contributed by atoms with Crippen molar-refractivity contribution in [3.8, 4) is 5.75 Å². The number of benzene rings is 1. The maximum absolute atomic E-state index is 12.1. The van der Waals surface area contributed by atoms with E-state index in [0.29, 0.717) is 16.3 Å². The first-order valence-electron chi connectivity index (χ1n) is 6.67. The molecule has 1 heterocycles. The molecule has 1 aromatic carbocycles. The van der Waals surface area contributed by atoms with Crippen LogP contribution in [0.2, 0.25) is 5.02 Å². The van der Waals surface area contributed by atoms with Gasteiger partial charge in [-0.15, -0.1) is 0 Å². The lowest BCUT2D eigenvalue weighted by Crippen LogP contribution is -2.20. The number of pyridine rings is 1. The van der Waals surface area contributed by atoms with E-state index in [2.05, 4.69) is 15.5 Å². The molecule has 7 nitrogen and oxygen atoms in total. The van der Waals surface area contributed by atoms with Crippen LogP contribution in [0, 0.1) is 0 Å². The molecular weight excluding hydrogens is 354 g/mol. The quantitative estimate of drug-likeness (QED) is 0.634. The first-order valence-corrected chi connectivity index (χ1v) is 8.94. The molecule has 2 aromatic rings. The number of aromatic nitrogens is 1. The third-order valence-corrected chi connectivity index (χ3v) is 4.39. The molecule has 126 valence electrons. The molecule has 2 rings (SSSR count). The Hall–Kier alpha value is -2.45. The summed E-state index contributed by atoms with van der Waals surface area (Å²) in [6, 6.07) is 5.65. The summed E-state index contributed by atoms with van der Waals surface area (Å²) >= 11 is 5.86. The molecular formula is C15H14ClN3O4S. The molecule has 1 aromatic heterocycles. The molecule has 0 radical (unpaired) electrons. The van der Waals surface area contributed by atoms with Crippen LogP contribution >= 0.6 is 11.6 Å². The Bertz CT molecular complexity index is 926. The first kappa shape index (κ1) is 17.9. The van der Waals surface area contributed by atoms with Gasteiger partial charge in [-0.25, -0.2) is 13.8 Å². The van der Waals surface area contributed by atoms with Crippen LogP contribution in [-0.2, 0) is 9.84 Å². The van der Waals surface area contributed by atoms with E-state index in [0.717, 1.165) is 12.5 Å². The van der Waals surface area contributed by atoms with Crippen molar-refractivity contribution < 1.29 is 18.3 Å². The van der Waals surface area contributed by atoms with E-state index in [-0.39, 0.29) is 16.2 Å². The lowest BCUT2D eigenvalue weighted by molar-refractivity contribution is 0.0954. The standard InChI is InChI=1S/C15H14ClN3O4S/c1-9(13-6-11(16)3-4-14(13)20)18-19-15(21)10-5-12(8-17-7-10)24(2,22)23/h3-8,20H,1-2H3,(H,19,21). The Morgan fingerprint density at radius 1 is 1.29 bits per heavy atom. The number of phenolic OH excluding ortho intramolecular Hbond substituents is 1. The number of nitrogens with zero attached hydrogens (tertiary/aromatic N) is 2. The van der Waals surface area contributed by atoms with Crippen LogP contribution in [0.5, 0.6) is 5.75 Å². The Labute approximate surface area is 143 Å². The molecule has 0 spiro atoms. The van der Waals surface area contributed by atoms with Crippen LogP contribution in [0.25, 0.3) is 0 Å². The van der Waals surface area contributed by atoms with Gasteiger partial charge in [0.1, 0.15) is 5.75 Å². The van der Waals surface area contributed by atoms with Crippen molar-refractivity contribution in [2.24, 2.45) is 5.10 Å². The summed E-state index contributed by atoms with van der Waals surface area (Å²) in [5.74, 6) is -0.662. The molecule has 0 aliphatic rings. The van der Waals surface area contributed by atoms with E-state index < -0.39 is 15.7 Å². The topological polar surface area (TPSA) is 109 Å². The molecule has 0 atom stereocenters. The highest BCUT2D eigenvalue weighted by Gasteiger charge is 2.13. The summed E-state index contributed by atoms with van der Waals surface area (Å²) in [4.78, 5) is 15.7. The summed E-state index contributed by atoms with van der Waals surface area (Å²) in [6.07, 6.45) is 3.41. The van der Waals surface area contributed by atoms with Crippen LogP contribution in [-0.4, -0.2) is 36.4 Å². The second kappa shape index (κ2) is 6.98. The predicted molar refractivity (Wildman–Crippen MR) is 90.1 cm³/mol. The number of halogens is 1. The van der Waals surface area contributed by atoms with E-state index in [1.165, 1.54) is 30.5 Å². The van der Waals surface area contributed by atoms with Crippen molar-refractivity contribution in [1.29, 1.82) is 0 Å². The van der Waals surface area contributed by atoms with Gasteiger partial charge >= 0.3 is 0 Å². The van der Waals surface area contributed by atoms with Gasteiger partial charge in [0.25, 0.3) is 5.91 Å². The maximum atomic E-state index is 12.1. The highest BCUT2D eigenvalue weighted by Crippen LogP contribution is 2.22. The number of hydrogen-bond donors (Lipinski definition) is 2. The fourth-order valence-corrected chi connectivity index (χ4v) is 2.57. The number of hydrogen-bond acceptors (Lipinski definition) is 6. The monoisotopic (exact) mass is 367 g/mol. The first-order chi connectivity index (χ1) is 11.2. The van der Waals surface area contributed by atoms with Gasteiger partial charge in [-0.3, -0.25) is 9.78 Å². The summed E-state index contributed by atoms with van der Waals surface area (Å²) in [6.45, 7) is 1.58. The molecule has 0 unspecified atom stereocenters. The van der Waals surface area contributed by atoms with Gasteiger partial charge in [0.05, 0.1) is 16.2 Å². The van der Waals surface area contributed by atoms with E-state index in [4.69, 9.17) is 11.6 Å². The molecule has 0 aliphatic carbocycles. The summed E-state index contributed by atoms with van der Waals surface area (Å²) in [7, 11) is -3.47. The average molecular weight is 368 g/mol. The largest absolute Gasteiger partial charge is 0.507 e. The van der Waals surface area contributed by atoms with Gasteiger partial charge in [0.15, 0.2) is 9.84 Å². The maximum Gasteiger partial charge on any atom is 0.272 e. The average Bonchev–Trinajstić information content (AvgIpc) is 2.54. The molecule has 0 saturated heterocycles. The van der Waals surface area contributed by atoms with Crippen LogP contribution in [0.4, 0.5) is 0 Å². The predicted octanol–water partition coefficient (Wildman–Crippen LogP) is 2.00. The number of sulfone groups is 1. The van der Waals surface area contributed by atoms with Crippen molar-refractivity contribution in [2.75, 3.05) is 6.26 Å². The smallest absolute Gasteiger partial charge is 0.272 e. The number of aromatic hydroxyl groups is 1. The normalized spacial score (nSPS) is 12.0. The zero-order valence-electron chi connectivity index (χ0n) is 12.8. The number of phenols is 1. The SMILES string of the molecule is CC(=NNC(=O)c1cncc(S(C)(=O)=O)c1)c1cc(Cl)ccc1O. The second-order valence-corrected chi connectivity index (χ2v) is 7.43. The third-order valence-electron chi connectivity index (χ3n) is 3.08. The Morgan fingerprint density at radius 3 is 2.67 bits per heavy atom. The minimum Gasteiger partial charge on any atom is -0.507 e. The van der Waals surface area contributed by atoms with Gasteiger partial charge in [0.2, 0.25) is 0 Å². The molecule has 9 heteroatoms. The van der Waals surface area contributed by atoms with Gasteiger partial charge in [-0.05, 0) is 31.2 Å². The van der Waals surface area contributed by atoms with E-state index in [9.17, 15) is 18.3 Å². The van der Waals surface area contributed by atoms with Gasteiger partial charge in [-0.2, -0.15) is 5.10 Å². The van der Waals surface area contributed by atoms with Crippen LogP contribution in [0.3, 0.4) is 0 Å². The minimum absolute atomic E-state index is 0.0318. The van der Waals surface area contributed by atoms with Gasteiger partial charge < -0.3 is 5.11 Å². The Morgan fingerprint density at radius 2 is 2.00 bits per heavy atom. The summed E-state index contributed by atoms with van der Waals surface area (Å²) < 4.78 is 23.0. The van der Waals surface area contributed by atoms with Gasteiger partial charge in [0, 0.05) is 29.2 Å². The number of carbonyl (C=O) groups is 1. The number of rotatable bonds is 4. The van der Waals surface area contributed by atoms with Crippen molar-refractivity contribution in [2.45, 2.75) is 11.8 Å². The van der Waals surface area contributed by atoms with E-state index >= 15 is 0 Å². The molecule has 0 saturated carbocycles. The van der Waals surface area contributed by atoms with Crippen LogP contribution in [0.15, 0.2) is 46.7 Å². The van der Waals surface area contributed by atoms with Crippen molar-refractivity contribution in [3.63, 3.8) is 0 Å². The summed E-state index contributed by atoms with van der Waals surface area (Å²) in [5.41, 5.74) is 3.02. The molecule has 1 amide bonds. The molecule has 0 aliphatic heterocycles. The zero-order chi connectivity index (χ0) is 17.9. The van der Waals surface area contributed by atoms with Crippen LogP contribution in [0.1, 0.15) is 22.8 Å². The fourth-order valence-electron chi connectivity index (χ4n) is 1.80. The highest BCUT2D eigenvalue weighted by molar-refractivity contribution is 7.90. The number of nitrogens with one attached hydrogen (secondary N) is 1. The number of carbonyl (C=O) groups excluding carboxylic acids is 1. The Balaban J connectivity index is 2.22. The third kappa shape index (κ3) is 4.30. The summed E-state index contributed by atoms with van der Waals surface area (Å²) in [5, 5.41) is 14.1. The highest BCUT2D eigenvalue weighted by atomic mass is 35.5. The molecule has 24 heavy (non-hydrogen) atoms. The van der Waals surface area contributed by atoms with E-state index in [1.807, 2.05) is 0 Å². The van der Waals surface area contributed by atoms with Gasteiger partial charge in [-0.1, -0.05) is 11.6 Å². The zero-order valence-corrected chi connectivity index (χ0v) is 14.4. The van der Waals surface area contributed by atoms with Crippen molar-refractivity contribution >= 4 is 33.1 Å². The number of amides is 1. The minimum atomic E-state index is -3.47. The lowest BCUT2D eigenvalue weighted by Gasteiger charge is -2.06. The second-order valence-electron chi connectivity index (χ2n) is 4.98. The fraction of sp³-hybridized carbons (Fsp3) is 0.133. The molecule has 2 N–H and O–H groups in total. The Kier molecular flexibility index (Phi) is 5.20. The van der Waals surface area contributed by atoms with Crippen molar-refractivity contribution in [1.82, 2.24) is 10.4 Å². The number of hydrazone groups is 1.